The maximum atomic E-state index is 12.4. The number of nitrogens with zero attached hydrogens (tertiary/aromatic N) is 2. The molecule has 0 unspecified atom stereocenters. The monoisotopic (exact) mass is 363 g/mol. The molecule has 3 heterocycles. The molecule has 25 heavy (non-hydrogen) atoms. The molecule has 0 spiro atoms. The smallest absolute Gasteiger partial charge is 0.261 e. The van der Waals surface area contributed by atoms with Gasteiger partial charge in [0.1, 0.15) is 0 Å². The van der Waals surface area contributed by atoms with E-state index in [2.05, 4.69) is 5.32 Å². The molecule has 1 aromatic rings. The summed E-state index contributed by atoms with van der Waals surface area (Å²) < 4.78 is 0. The lowest BCUT2D eigenvalue weighted by Gasteiger charge is -2.33. The summed E-state index contributed by atoms with van der Waals surface area (Å²) in [6.07, 6.45) is 3.65. The van der Waals surface area contributed by atoms with Crippen molar-refractivity contribution in [3.63, 3.8) is 0 Å². The lowest BCUT2D eigenvalue weighted by Crippen LogP contribution is -2.46. The summed E-state index contributed by atoms with van der Waals surface area (Å²) in [4.78, 5) is 42.1. The first-order valence-corrected chi connectivity index (χ1v) is 9.77. The number of aryl methyl sites for hydroxylation is 1. The molecule has 0 atom stereocenters. The molecule has 0 radical (unpaired) electrons. The number of likely N-dealkylation sites (tertiary alicyclic amines) is 2. The van der Waals surface area contributed by atoms with Gasteiger partial charge in [0.05, 0.1) is 11.4 Å². The predicted octanol–water partition coefficient (Wildman–Crippen LogP) is 1.65. The molecule has 6 nitrogen and oxygen atoms in total. The molecule has 1 aromatic heterocycles. The van der Waals surface area contributed by atoms with E-state index in [-0.39, 0.29) is 30.2 Å². The van der Waals surface area contributed by atoms with Crippen molar-refractivity contribution in [3.05, 3.63) is 21.9 Å². The molecule has 2 fully saturated rings. The Labute approximate surface area is 152 Å². The zero-order chi connectivity index (χ0) is 17.8. The Morgan fingerprint density at radius 1 is 1.08 bits per heavy atom. The topological polar surface area (TPSA) is 69.7 Å². The summed E-state index contributed by atoms with van der Waals surface area (Å²) in [5, 5.41) is 2.69. The van der Waals surface area contributed by atoms with E-state index >= 15 is 0 Å². The van der Waals surface area contributed by atoms with E-state index in [0.717, 1.165) is 43.6 Å². The van der Waals surface area contributed by atoms with E-state index in [4.69, 9.17) is 0 Å². The molecule has 7 heteroatoms. The number of piperidine rings is 1. The van der Waals surface area contributed by atoms with Gasteiger partial charge >= 0.3 is 0 Å². The standard InChI is InChI=1S/C18H25N3O3S/c1-13-4-5-15(25-13)17(23)19-12-16(22)20-10-6-14(7-11-20)18(24)21-8-2-3-9-21/h4-5,14H,2-3,6-12H2,1H3,(H,19,23). The Bertz CT molecular complexity index is 644. The molecule has 136 valence electrons. The van der Waals surface area contributed by atoms with Crippen LogP contribution in [0.3, 0.4) is 0 Å². The molecule has 3 amide bonds. The van der Waals surface area contributed by atoms with E-state index in [1.807, 2.05) is 17.9 Å². The second-order valence-electron chi connectivity index (χ2n) is 6.78. The Kier molecular flexibility index (Phi) is 5.73. The van der Waals surface area contributed by atoms with E-state index in [9.17, 15) is 14.4 Å². The van der Waals surface area contributed by atoms with Crippen LogP contribution < -0.4 is 5.32 Å². The third-order valence-corrected chi connectivity index (χ3v) is 5.98. The SMILES string of the molecule is Cc1ccc(C(=O)NCC(=O)N2CCC(C(=O)N3CCCC3)CC2)s1. The van der Waals surface area contributed by atoms with Gasteiger partial charge in [0.2, 0.25) is 11.8 Å². The maximum Gasteiger partial charge on any atom is 0.261 e. The highest BCUT2D eigenvalue weighted by Gasteiger charge is 2.31. The first-order valence-electron chi connectivity index (χ1n) is 8.96. The highest BCUT2D eigenvalue weighted by atomic mass is 32.1. The molecule has 0 saturated carbocycles. The predicted molar refractivity (Wildman–Crippen MR) is 96.5 cm³/mol. The summed E-state index contributed by atoms with van der Waals surface area (Å²) in [5.74, 6) is 0.0241. The largest absolute Gasteiger partial charge is 0.342 e. The summed E-state index contributed by atoms with van der Waals surface area (Å²) in [6.45, 7) is 4.91. The average molecular weight is 363 g/mol. The van der Waals surface area contributed by atoms with E-state index < -0.39 is 0 Å². The Morgan fingerprint density at radius 2 is 1.76 bits per heavy atom. The van der Waals surface area contributed by atoms with Gasteiger partial charge in [0.15, 0.2) is 0 Å². The molecule has 0 aromatic carbocycles. The molecular weight excluding hydrogens is 338 g/mol. The van der Waals surface area contributed by atoms with Crippen molar-refractivity contribution in [2.75, 3.05) is 32.7 Å². The fraction of sp³-hybridized carbons (Fsp3) is 0.611. The highest BCUT2D eigenvalue weighted by molar-refractivity contribution is 7.13. The van der Waals surface area contributed by atoms with Crippen molar-refractivity contribution in [2.24, 2.45) is 5.92 Å². The zero-order valence-electron chi connectivity index (χ0n) is 14.6. The van der Waals surface area contributed by atoms with Crippen LogP contribution in [-0.2, 0) is 9.59 Å². The zero-order valence-corrected chi connectivity index (χ0v) is 15.4. The average Bonchev–Trinajstić information content (AvgIpc) is 3.30. The third kappa shape index (κ3) is 4.39. The second kappa shape index (κ2) is 7.99. The number of carbonyl (C=O) groups is 3. The number of rotatable bonds is 4. The second-order valence-corrected chi connectivity index (χ2v) is 8.07. The molecule has 2 saturated heterocycles. The molecular formula is C18H25N3O3S. The molecule has 3 rings (SSSR count). The van der Waals surface area contributed by atoms with Crippen LogP contribution in [0.4, 0.5) is 0 Å². The normalized spacial score (nSPS) is 18.4. The van der Waals surface area contributed by atoms with Crippen LogP contribution in [0.5, 0.6) is 0 Å². The van der Waals surface area contributed by atoms with Crippen LogP contribution in [0.2, 0.25) is 0 Å². The maximum absolute atomic E-state index is 12.4. The third-order valence-electron chi connectivity index (χ3n) is 4.98. The van der Waals surface area contributed by atoms with Crippen LogP contribution >= 0.6 is 11.3 Å². The first-order chi connectivity index (χ1) is 12.0. The van der Waals surface area contributed by atoms with Gasteiger partial charge in [-0.25, -0.2) is 0 Å². The van der Waals surface area contributed by atoms with Crippen molar-refractivity contribution in [2.45, 2.75) is 32.6 Å². The minimum Gasteiger partial charge on any atom is -0.342 e. The number of nitrogens with one attached hydrogen (secondary N) is 1. The van der Waals surface area contributed by atoms with Crippen molar-refractivity contribution in [1.82, 2.24) is 15.1 Å². The molecule has 0 bridgehead atoms. The fourth-order valence-electron chi connectivity index (χ4n) is 3.48. The van der Waals surface area contributed by atoms with Gasteiger partial charge in [0, 0.05) is 37.0 Å². The van der Waals surface area contributed by atoms with Crippen LogP contribution in [0.15, 0.2) is 12.1 Å². The van der Waals surface area contributed by atoms with E-state index in [0.29, 0.717) is 18.0 Å². The first kappa shape index (κ1) is 17.9. The molecule has 1 N–H and O–H groups in total. The van der Waals surface area contributed by atoms with Crippen LogP contribution in [-0.4, -0.2) is 60.2 Å². The number of hydrogen-bond donors (Lipinski definition) is 1. The van der Waals surface area contributed by atoms with Crippen LogP contribution in [0, 0.1) is 12.8 Å². The Hall–Kier alpha value is -1.89. The number of hydrogen-bond acceptors (Lipinski definition) is 4. The van der Waals surface area contributed by atoms with Gasteiger partial charge in [-0.3, -0.25) is 14.4 Å². The van der Waals surface area contributed by atoms with Gasteiger partial charge in [-0.2, -0.15) is 0 Å². The number of carbonyl (C=O) groups excluding carboxylic acids is 3. The van der Waals surface area contributed by atoms with Gasteiger partial charge in [-0.15, -0.1) is 11.3 Å². The number of amides is 3. The molecule has 2 aliphatic heterocycles. The van der Waals surface area contributed by atoms with Gasteiger partial charge in [-0.1, -0.05) is 0 Å². The Balaban J connectivity index is 1.42. The van der Waals surface area contributed by atoms with Crippen molar-refractivity contribution >= 4 is 29.1 Å². The van der Waals surface area contributed by atoms with Crippen LogP contribution in [0.25, 0.3) is 0 Å². The van der Waals surface area contributed by atoms with Gasteiger partial charge in [0.25, 0.3) is 5.91 Å². The molecule has 0 aliphatic carbocycles. The van der Waals surface area contributed by atoms with Crippen molar-refractivity contribution < 1.29 is 14.4 Å². The lowest BCUT2D eigenvalue weighted by molar-refractivity contribution is -0.139. The summed E-state index contributed by atoms with van der Waals surface area (Å²) in [6, 6.07) is 3.67. The molecule has 2 aliphatic rings. The lowest BCUT2D eigenvalue weighted by atomic mass is 9.95. The van der Waals surface area contributed by atoms with E-state index in [1.165, 1.54) is 11.3 Å². The summed E-state index contributed by atoms with van der Waals surface area (Å²) >= 11 is 1.42. The van der Waals surface area contributed by atoms with Crippen molar-refractivity contribution in [1.29, 1.82) is 0 Å². The fourth-order valence-corrected chi connectivity index (χ4v) is 4.27. The van der Waals surface area contributed by atoms with Crippen molar-refractivity contribution in [3.8, 4) is 0 Å². The highest BCUT2D eigenvalue weighted by Crippen LogP contribution is 2.22. The summed E-state index contributed by atoms with van der Waals surface area (Å²) in [5.41, 5.74) is 0. The minimum absolute atomic E-state index is 0.0144. The number of thiophene rings is 1. The van der Waals surface area contributed by atoms with Crippen LogP contribution in [0.1, 0.15) is 40.2 Å². The van der Waals surface area contributed by atoms with Gasteiger partial charge in [-0.05, 0) is 44.7 Å². The van der Waals surface area contributed by atoms with Gasteiger partial charge < -0.3 is 15.1 Å². The Morgan fingerprint density at radius 3 is 2.36 bits per heavy atom. The summed E-state index contributed by atoms with van der Waals surface area (Å²) in [7, 11) is 0. The minimum atomic E-state index is -0.203. The quantitative estimate of drug-likeness (QED) is 0.884. The van der Waals surface area contributed by atoms with E-state index in [1.54, 1.807) is 11.0 Å².